The monoisotopic (exact) mass is 275 g/mol. The fourth-order valence-electron chi connectivity index (χ4n) is 1.23. The topological polar surface area (TPSA) is 101 Å². The Morgan fingerprint density at radius 3 is 2.71 bits per heavy atom. The molecule has 0 bridgehead atoms. The first-order chi connectivity index (χ1) is 7.76. The molecule has 1 heterocycles. The number of nitrogens with zero attached hydrogens (tertiary/aromatic N) is 3. The second-order valence-corrected chi connectivity index (χ2v) is 4.79. The fourth-order valence-corrected chi connectivity index (χ4v) is 1.83. The minimum absolute atomic E-state index is 0.0751. The van der Waals surface area contributed by atoms with Crippen molar-refractivity contribution in [2.24, 2.45) is 5.11 Å². The van der Waals surface area contributed by atoms with Crippen molar-refractivity contribution in [1.82, 2.24) is 0 Å². The van der Waals surface area contributed by atoms with Crippen molar-refractivity contribution >= 4 is 10.1 Å². The van der Waals surface area contributed by atoms with Gasteiger partial charge in [0.2, 0.25) is 0 Å². The van der Waals surface area contributed by atoms with Crippen molar-refractivity contribution in [3.63, 3.8) is 0 Å². The largest absolute Gasteiger partial charge is 0.523 e. The molecule has 1 saturated heterocycles. The van der Waals surface area contributed by atoms with E-state index in [4.69, 9.17) is 10.3 Å². The Bertz CT molecular complexity index is 417. The average molecular weight is 275 g/mol. The second kappa shape index (κ2) is 5.08. The molecule has 0 spiro atoms. The third-order valence-electron chi connectivity index (χ3n) is 1.94. The van der Waals surface area contributed by atoms with E-state index in [2.05, 4.69) is 14.2 Å². The van der Waals surface area contributed by atoms with Crippen LogP contribution in [0.15, 0.2) is 5.11 Å². The molecule has 0 aliphatic carbocycles. The molecule has 11 heteroatoms. The Labute approximate surface area is 94.2 Å². The third-order valence-corrected chi connectivity index (χ3v) is 3.03. The van der Waals surface area contributed by atoms with Gasteiger partial charge in [-0.1, -0.05) is 5.11 Å². The predicted octanol–water partition coefficient (Wildman–Crippen LogP) is 1.32. The van der Waals surface area contributed by atoms with Gasteiger partial charge in [0, 0.05) is 11.3 Å². The van der Waals surface area contributed by atoms with Crippen LogP contribution in [-0.4, -0.2) is 39.3 Å². The molecule has 7 nitrogen and oxygen atoms in total. The van der Waals surface area contributed by atoms with Crippen LogP contribution in [0.25, 0.3) is 10.4 Å². The lowest BCUT2D eigenvalue weighted by atomic mass is 10.2. The summed E-state index contributed by atoms with van der Waals surface area (Å²) in [5.41, 5.74) is 2.56. The molecule has 0 unspecified atom stereocenters. The molecular formula is C6H8F3N3O4S. The normalized spacial score (nSPS) is 25.6. The van der Waals surface area contributed by atoms with E-state index < -0.39 is 27.8 Å². The van der Waals surface area contributed by atoms with Gasteiger partial charge in [0.25, 0.3) is 0 Å². The third kappa shape index (κ3) is 3.73. The Kier molecular flexibility index (Phi) is 4.20. The predicted molar refractivity (Wildman–Crippen MR) is 48.2 cm³/mol. The average Bonchev–Trinajstić information content (AvgIpc) is 2.60. The molecule has 0 radical (unpaired) electrons. The van der Waals surface area contributed by atoms with E-state index >= 15 is 0 Å². The van der Waals surface area contributed by atoms with Crippen LogP contribution in [0.3, 0.4) is 0 Å². The number of ether oxygens (including phenoxy) is 1. The zero-order valence-corrected chi connectivity index (χ0v) is 9.11. The van der Waals surface area contributed by atoms with Crippen molar-refractivity contribution in [3.05, 3.63) is 10.4 Å². The second-order valence-electron chi connectivity index (χ2n) is 3.22. The molecule has 1 aliphatic rings. The van der Waals surface area contributed by atoms with Gasteiger partial charge in [-0.15, -0.1) is 0 Å². The lowest BCUT2D eigenvalue weighted by molar-refractivity contribution is -0.0574. The first-order valence-corrected chi connectivity index (χ1v) is 5.79. The maximum Gasteiger partial charge on any atom is 0.523 e. The summed E-state index contributed by atoms with van der Waals surface area (Å²) in [7, 11) is -5.61. The van der Waals surface area contributed by atoms with Crippen molar-refractivity contribution in [3.8, 4) is 0 Å². The summed E-state index contributed by atoms with van der Waals surface area (Å²) in [6.45, 7) is -0.372. The quantitative estimate of drug-likeness (QED) is 0.254. The summed E-state index contributed by atoms with van der Waals surface area (Å²) in [5.74, 6) is 0. The molecule has 1 rings (SSSR count). The summed E-state index contributed by atoms with van der Waals surface area (Å²) < 4.78 is 66.1. The van der Waals surface area contributed by atoms with E-state index in [-0.39, 0.29) is 19.6 Å². The highest BCUT2D eigenvalue weighted by atomic mass is 32.2. The molecule has 0 aromatic heterocycles. The number of alkyl halides is 3. The molecule has 17 heavy (non-hydrogen) atoms. The van der Waals surface area contributed by atoms with E-state index in [1.54, 1.807) is 0 Å². The molecule has 98 valence electrons. The van der Waals surface area contributed by atoms with Crippen LogP contribution < -0.4 is 0 Å². The number of halogens is 3. The minimum atomic E-state index is -5.61. The molecule has 0 N–H and O–H groups in total. The van der Waals surface area contributed by atoms with Gasteiger partial charge in [-0.2, -0.15) is 21.6 Å². The Balaban J connectivity index is 2.54. The van der Waals surface area contributed by atoms with Gasteiger partial charge in [-0.05, 0) is 5.53 Å². The first-order valence-electron chi connectivity index (χ1n) is 4.38. The van der Waals surface area contributed by atoms with Crippen LogP contribution in [0.1, 0.15) is 6.42 Å². The lowest BCUT2D eigenvalue weighted by Crippen LogP contribution is -2.30. The Morgan fingerprint density at radius 1 is 1.53 bits per heavy atom. The SMILES string of the molecule is [N-]=[N+]=NC[C@@H]1C[C@@H](OS(=O)(=O)C(F)(F)F)CO1. The molecule has 1 aliphatic heterocycles. The minimum Gasteiger partial charge on any atom is -0.375 e. The van der Waals surface area contributed by atoms with Crippen LogP contribution in [0.5, 0.6) is 0 Å². The highest BCUT2D eigenvalue weighted by molar-refractivity contribution is 7.87. The van der Waals surface area contributed by atoms with Crippen LogP contribution in [0, 0.1) is 0 Å². The number of hydrogen-bond acceptors (Lipinski definition) is 5. The fraction of sp³-hybridized carbons (Fsp3) is 1.00. The summed E-state index contributed by atoms with van der Waals surface area (Å²) in [4.78, 5) is 2.44. The smallest absolute Gasteiger partial charge is 0.375 e. The maximum atomic E-state index is 12.0. The highest BCUT2D eigenvalue weighted by Crippen LogP contribution is 2.28. The summed E-state index contributed by atoms with van der Waals surface area (Å²) >= 11 is 0. The van der Waals surface area contributed by atoms with E-state index in [9.17, 15) is 21.6 Å². The molecule has 2 atom stereocenters. The van der Waals surface area contributed by atoms with Crippen LogP contribution in [-0.2, 0) is 19.0 Å². The summed E-state index contributed by atoms with van der Waals surface area (Å²) in [6, 6.07) is 0. The van der Waals surface area contributed by atoms with E-state index in [1.165, 1.54) is 0 Å². The van der Waals surface area contributed by atoms with Gasteiger partial charge in [0.1, 0.15) is 6.10 Å². The Morgan fingerprint density at radius 2 is 2.18 bits per heavy atom. The summed E-state index contributed by atoms with van der Waals surface area (Å²) in [5, 5.41) is 3.16. The van der Waals surface area contributed by atoms with Gasteiger partial charge in [-0.25, -0.2) is 0 Å². The van der Waals surface area contributed by atoms with E-state index in [0.717, 1.165) is 0 Å². The molecule has 0 saturated carbocycles. The van der Waals surface area contributed by atoms with E-state index in [1.807, 2.05) is 0 Å². The standard InChI is InChI=1S/C6H8F3N3O4S/c7-6(8,9)17(13,14)16-5-1-4(15-3-5)2-11-12-10/h4-5H,1-3H2/t4-,5+/m0/s1. The number of azide groups is 1. The number of hydrogen-bond donors (Lipinski definition) is 0. The van der Waals surface area contributed by atoms with Crippen molar-refractivity contribution in [1.29, 1.82) is 0 Å². The zero-order valence-electron chi connectivity index (χ0n) is 8.29. The van der Waals surface area contributed by atoms with Gasteiger partial charge < -0.3 is 4.74 Å². The number of rotatable bonds is 4. The van der Waals surface area contributed by atoms with Crippen molar-refractivity contribution < 1.29 is 30.5 Å². The van der Waals surface area contributed by atoms with Gasteiger partial charge in [0.05, 0.1) is 19.3 Å². The highest BCUT2D eigenvalue weighted by Gasteiger charge is 2.49. The maximum absolute atomic E-state index is 12.0. The molecule has 0 amide bonds. The molecule has 0 aromatic rings. The molecule has 0 aromatic carbocycles. The Hall–Kier alpha value is -1.03. The van der Waals surface area contributed by atoms with Crippen LogP contribution in [0.4, 0.5) is 13.2 Å². The van der Waals surface area contributed by atoms with Crippen LogP contribution >= 0.6 is 0 Å². The van der Waals surface area contributed by atoms with Gasteiger partial charge in [0.15, 0.2) is 0 Å². The summed E-state index contributed by atoms with van der Waals surface area (Å²) in [6.07, 6.45) is -1.91. The van der Waals surface area contributed by atoms with Gasteiger partial charge >= 0.3 is 15.6 Å². The van der Waals surface area contributed by atoms with Crippen molar-refractivity contribution in [2.75, 3.05) is 13.2 Å². The van der Waals surface area contributed by atoms with Crippen LogP contribution in [0.2, 0.25) is 0 Å². The first kappa shape index (κ1) is 14.0. The van der Waals surface area contributed by atoms with Crippen molar-refractivity contribution in [2.45, 2.75) is 24.1 Å². The zero-order chi connectivity index (χ0) is 13.1. The van der Waals surface area contributed by atoms with Gasteiger partial charge in [-0.3, -0.25) is 4.18 Å². The lowest BCUT2D eigenvalue weighted by Gasteiger charge is -2.12. The van der Waals surface area contributed by atoms with E-state index in [0.29, 0.717) is 0 Å². The molecular weight excluding hydrogens is 267 g/mol. The molecule has 1 fully saturated rings.